The molecule has 0 heterocycles. The SMILES string of the molecule is C#CCCCC(N)c1cc(C)cc(Br)c1. The van der Waals surface area contributed by atoms with Gasteiger partial charge >= 0.3 is 0 Å². The van der Waals surface area contributed by atoms with Crippen LogP contribution in [-0.4, -0.2) is 0 Å². The first-order chi connectivity index (χ1) is 7.13. The van der Waals surface area contributed by atoms with E-state index in [0.717, 1.165) is 23.7 Å². The molecule has 1 aromatic rings. The van der Waals surface area contributed by atoms with Crippen LogP contribution in [-0.2, 0) is 0 Å². The fraction of sp³-hybridized carbons (Fsp3) is 0.385. The van der Waals surface area contributed by atoms with Crippen molar-refractivity contribution in [1.82, 2.24) is 0 Å². The fourth-order valence-electron chi connectivity index (χ4n) is 1.57. The summed E-state index contributed by atoms with van der Waals surface area (Å²) in [6, 6.07) is 6.38. The van der Waals surface area contributed by atoms with Crippen molar-refractivity contribution < 1.29 is 0 Å². The van der Waals surface area contributed by atoms with Crippen LogP contribution in [0.1, 0.15) is 36.4 Å². The number of terminal acetylenes is 1. The Morgan fingerprint density at radius 2 is 2.20 bits per heavy atom. The minimum Gasteiger partial charge on any atom is -0.324 e. The standard InChI is InChI=1S/C13H16BrN/c1-3-4-5-6-13(15)11-7-10(2)8-12(14)9-11/h1,7-9,13H,4-6,15H2,2H3. The smallest absolute Gasteiger partial charge is 0.0295 e. The minimum atomic E-state index is 0.0922. The Hall–Kier alpha value is -0.780. The summed E-state index contributed by atoms with van der Waals surface area (Å²) in [5.41, 5.74) is 8.49. The Labute approximate surface area is 100 Å². The second kappa shape index (κ2) is 5.95. The van der Waals surface area contributed by atoms with Gasteiger partial charge in [0.15, 0.2) is 0 Å². The molecule has 0 saturated heterocycles. The molecule has 0 amide bonds. The lowest BCUT2D eigenvalue weighted by Crippen LogP contribution is -2.10. The van der Waals surface area contributed by atoms with Crippen molar-refractivity contribution in [3.8, 4) is 12.3 Å². The number of hydrogen-bond donors (Lipinski definition) is 1. The van der Waals surface area contributed by atoms with Crippen LogP contribution in [0, 0.1) is 19.3 Å². The second-order valence-electron chi connectivity index (χ2n) is 3.76. The van der Waals surface area contributed by atoms with Gasteiger partial charge < -0.3 is 5.73 Å². The fourth-order valence-corrected chi connectivity index (χ4v) is 2.19. The Morgan fingerprint density at radius 3 is 2.80 bits per heavy atom. The Bertz CT molecular complexity index is 345. The van der Waals surface area contributed by atoms with Crippen molar-refractivity contribution in [2.24, 2.45) is 5.73 Å². The van der Waals surface area contributed by atoms with Gasteiger partial charge in [-0.3, -0.25) is 0 Å². The molecule has 1 unspecified atom stereocenters. The highest BCUT2D eigenvalue weighted by Gasteiger charge is 2.06. The minimum absolute atomic E-state index is 0.0922. The van der Waals surface area contributed by atoms with E-state index in [0.29, 0.717) is 0 Å². The second-order valence-corrected chi connectivity index (χ2v) is 4.68. The maximum absolute atomic E-state index is 6.08. The van der Waals surface area contributed by atoms with E-state index < -0.39 is 0 Å². The van der Waals surface area contributed by atoms with Gasteiger partial charge in [0.1, 0.15) is 0 Å². The van der Waals surface area contributed by atoms with Gasteiger partial charge in [-0.25, -0.2) is 0 Å². The number of aryl methyl sites for hydroxylation is 1. The molecule has 0 saturated carbocycles. The molecule has 0 aromatic heterocycles. The predicted octanol–water partition coefficient (Wildman–Crippen LogP) is 3.56. The number of halogens is 1. The van der Waals surface area contributed by atoms with E-state index in [1.165, 1.54) is 11.1 Å². The van der Waals surface area contributed by atoms with Gasteiger partial charge in [-0.15, -0.1) is 12.3 Å². The van der Waals surface area contributed by atoms with Gasteiger partial charge in [0.25, 0.3) is 0 Å². The first kappa shape index (κ1) is 12.3. The summed E-state index contributed by atoms with van der Waals surface area (Å²) in [5, 5.41) is 0. The number of rotatable bonds is 4. The molecule has 2 heteroatoms. The van der Waals surface area contributed by atoms with E-state index in [2.05, 4.69) is 47.0 Å². The molecule has 1 nitrogen and oxygen atoms in total. The van der Waals surface area contributed by atoms with Crippen molar-refractivity contribution in [2.45, 2.75) is 32.2 Å². The zero-order chi connectivity index (χ0) is 11.3. The Balaban J connectivity index is 2.65. The van der Waals surface area contributed by atoms with Crippen LogP contribution in [0.3, 0.4) is 0 Å². The third-order valence-corrected chi connectivity index (χ3v) is 2.79. The van der Waals surface area contributed by atoms with E-state index >= 15 is 0 Å². The van der Waals surface area contributed by atoms with E-state index in [4.69, 9.17) is 12.2 Å². The molecule has 2 N–H and O–H groups in total. The summed E-state index contributed by atoms with van der Waals surface area (Å²) in [4.78, 5) is 0. The van der Waals surface area contributed by atoms with Crippen LogP contribution in [0.25, 0.3) is 0 Å². The van der Waals surface area contributed by atoms with Crippen LogP contribution in [0.4, 0.5) is 0 Å². The van der Waals surface area contributed by atoms with Crippen LogP contribution in [0.2, 0.25) is 0 Å². The number of unbranched alkanes of at least 4 members (excludes halogenated alkanes) is 1. The highest BCUT2D eigenvalue weighted by atomic mass is 79.9. The Morgan fingerprint density at radius 1 is 1.47 bits per heavy atom. The summed E-state index contributed by atoms with van der Waals surface area (Å²) >= 11 is 3.48. The van der Waals surface area contributed by atoms with Gasteiger partial charge in [0, 0.05) is 16.9 Å². The normalized spacial score (nSPS) is 12.1. The highest BCUT2D eigenvalue weighted by Crippen LogP contribution is 2.22. The van der Waals surface area contributed by atoms with Crippen molar-refractivity contribution in [3.63, 3.8) is 0 Å². The molecule has 1 rings (SSSR count). The lowest BCUT2D eigenvalue weighted by Gasteiger charge is -2.12. The van der Waals surface area contributed by atoms with Gasteiger partial charge in [-0.05, 0) is 43.0 Å². The average Bonchev–Trinajstić information content (AvgIpc) is 2.16. The van der Waals surface area contributed by atoms with Gasteiger partial charge in [-0.2, -0.15) is 0 Å². The van der Waals surface area contributed by atoms with Gasteiger partial charge in [0.2, 0.25) is 0 Å². The van der Waals surface area contributed by atoms with E-state index in [9.17, 15) is 0 Å². The summed E-state index contributed by atoms with van der Waals surface area (Å²) in [6.45, 7) is 2.07. The molecule has 0 bridgehead atoms. The monoisotopic (exact) mass is 265 g/mol. The van der Waals surface area contributed by atoms with Crippen molar-refractivity contribution in [2.75, 3.05) is 0 Å². The summed E-state index contributed by atoms with van der Waals surface area (Å²) in [7, 11) is 0. The quantitative estimate of drug-likeness (QED) is 0.654. The topological polar surface area (TPSA) is 26.0 Å². The average molecular weight is 266 g/mol. The van der Waals surface area contributed by atoms with Crippen LogP contribution in [0.5, 0.6) is 0 Å². The molecule has 0 fully saturated rings. The molecular formula is C13H16BrN. The molecule has 1 aromatic carbocycles. The third kappa shape index (κ3) is 4.07. The molecule has 0 radical (unpaired) electrons. The van der Waals surface area contributed by atoms with Crippen molar-refractivity contribution in [1.29, 1.82) is 0 Å². The summed E-state index contributed by atoms with van der Waals surface area (Å²) in [6.07, 6.45) is 7.94. The molecular weight excluding hydrogens is 250 g/mol. The Kier molecular flexibility index (Phi) is 4.87. The van der Waals surface area contributed by atoms with Gasteiger partial charge in [0.05, 0.1) is 0 Å². The zero-order valence-corrected chi connectivity index (χ0v) is 10.5. The maximum atomic E-state index is 6.08. The third-order valence-electron chi connectivity index (χ3n) is 2.33. The van der Waals surface area contributed by atoms with Crippen molar-refractivity contribution >= 4 is 15.9 Å². The molecule has 80 valence electrons. The first-order valence-corrected chi connectivity index (χ1v) is 5.89. The molecule has 1 atom stereocenters. The number of nitrogens with two attached hydrogens (primary N) is 1. The lowest BCUT2D eigenvalue weighted by molar-refractivity contribution is 0.620. The largest absolute Gasteiger partial charge is 0.324 e. The van der Waals surface area contributed by atoms with Crippen LogP contribution in [0.15, 0.2) is 22.7 Å². The highest BCUT2D eigenvalue weighted by molar-refractivity contribution is 9.10. The molecule has 0 aliphatic rings. The van der Waals surface area contributed by atoms with Crippen LogP contribution >= 0.6 is 15.9 Å². The summed E-state index contributed by atoms with van der Waals surface area (Å²) in [5.74, 6) is 2.63. The number of benzene rings is 1. The first-order valence-electron chi connectivity index (χ1n) is 5.09. The number of hydrogen-bond acceptors (Lipinski definition) is 1. The zero-order valence-electron chi connectivity index (χ0n) is 8.96. The molecule has 0 aliphatic carbocycles. The van der Waals surface area contributed by atoms with E-state index in [1.807, 2.05) is 0 Å². The maximum Gasteiger partial charge on any atom is 0.0295 e. The van der Waals surface area contributed by atoms with E-state index in [1.54, 1.807) is 0 Å². The van der Waals surface area contributed by atoms with Crippen molar-refractivity contribution in [3.05, 3.63) is 33.8 Å². The van der Waals surface area contributed by atoms with Gasteiger partial charge in [-0.1, -0.05) is 22.0 Å². The van der Waals surface area contributed by atoms with E-state index in [-0.39, 0.29) is 6.04 Å². The summed E-state index contributed by atoms with van der Waals surface area (Å²) < 4.78 is 1.09. The molecule has 15 heavy (non-hydrogen) atoms. The molecule has 0 aliphatic heterocycles. The molecule has 0 spiro atoms. The lowest BCUT2D eigenvalue weighted by atomic mass is 10.0. The predicted molar refractivity (Wildman–Crippen MR) is 68.5 cm³/mol. The van der Waals surface area contributed by atoms with Crippen LogP contribution < -0.4 is 5.73 Å².